The minimum Gasteiger partial charge on any atom is -0.380 e. The van der Waals surface area contributed by atoms with E-state index in [-0.39, 0.29) is 10.9 Å². The predicted molar refractivity (Wildman–Crippen MR) is 81.6 cm³/mol. The maximum absolute atomic E-state index is 12.2. The molecule has 3 nitrogen and oxygen atoms in total. The van der Waals surface area contributed by atoms with Crippen molar-refractivity contribution in [2.24, 2.45) is 0 Å². The van der Waals surface area contributed by atoms with E-state index in [4.69, 9.17) is 27.9 Å². The van der Waals surface area contributed by atoms with E-state index in [1.165, 1.54) is 0 Å². The van der Waals surface area contributed by atoms with Gasteiger partial charge in [-0.05, 0) is 29.8 Å². The number of ether oxygens (including phenoxy) is 1. The quantitative estimate of drug-likeness (QED) is 0.909. The molecular weight excluding hydrogens is 297 g/mol. The Morgan fingerprint density at radius 1 is 1.20 bits per heavy atom. The van der Waals surface area contributed by atoms with E-state index in [9.17, 15) is 4.79 Å². The van der Waals surface area contributed by atoms with Crippen LogP contribution in [0.2, 0.25) is 10.0 Å². The van der Waals surface area contributed by atoms with Crippen molar-refractivity contribution in [1.82, 2.24) is 0 Å². The Balaban J connectivity index is 2.19. The topological polar surface area (TPSA) is 38.3 Å². The Hall–Kier alpha value is -1.55. The lowest BCUT2D eigenvalue weighted by atomic mass is 10.2. The summed E-state index contributed by atoms with van der Waals surface area (Å²) in [5.74, 6) is -0.299. The molecule has 2 aromatic rings. The van der Waals surface area contributed by atoms with Crippen molar-refractivity contribution in [2.45, 2.75) is 6.61 Å². The van der Waals surface area contributed by atoms with Crippen molar-refractivity contribution in [3.05, 3.63) is 63.6 Å². The number of rotatable bonds is 4. The minimum atomic E-state index is -0.299. The second kappa shape index (κ2) is 6.75. The summed E-state index contributed by atoms with van der Waals surface area (Å²) in [6.07, 6.45) is 0. The predicted octanol–water partition coefficient (Wildman–Crippen LogP) is 4.39. The third kappa shape index (κ3) is 3.51. The van der Waals surface area contributed by atoms with Crippen LogP contribution in [-0.2, 0) is 11.3 Å². The van der Waals surface area contributed by atoms with Gasteiger partial charge in [-0.1, -0.05) is 41.4 Å². The standard InChI is InChI=1S/C15H13Cl2NO2/c1-20-9-10-4-2-5-11(8-10)18-15(19)12-6-3-7-13(16)14(12)17/h2-8H,9H2,1H3,(H,18,19). The number of amides is 1. The Morgan fingerprint density at radius 3 is 2.70 bits per heavy atom. The second-order valence-corrected chi connectivity index (χ2v) is 4.97. The number of hydrogen-bond donors (Lipinski definition) is 1. The number of halogens is 2. The smallest absolute Gasteiger partial charge is 0.257 e. The number of benzene rings is 2. The van der Waals surface area contributed by atoms with Gasteiger partial charge in [-0.2, -0.15) is 0 Å². The molecule has 0 aliphatic rings. The van der Waals surface area contributed by atoms with Crippen LogP contribution in [-0.4, -0.2) is 13.0 Å². The number of carbonyl (C=O) groups is 1. The van der Waals surface area contributed by atoms with Crippen molar-refractivity contribution in [1.29, 1.82) is 0 Å². The van der Waals surface area contributed by atoms with Gasteiger partial charge in [-0.25, -0.2) is 0 Å². The molecule has 0 aromatic heterocycles. The summed E-state index contributed by atoms with van der Waals surface area (Å²) in [6, 6.07) is 12.4. The van der Waals surface area contributed by atoms with Crippen molar-refractivity contribution in [3.63, 3.8) is 0 Å². The van der Waals surface area contributed by atoms with Gasteiger partial charge in [-0.15, -0.1) is 0 Å². The summed E-state index contributed by atoms with van der Waals surface area (Å²) in [6.45, 7) is 0.488. The normalized spacial score (nSPS) is 10.3. The number of hydrogen-bond acceptors (Lipinski definition) is 2. The molecule has 20 heavy (non-hydrogen) atoms. The van der Waals surface area contributed by atoms with Crippen LogP contribution in [0.25, 0.3) is 0 Å². The lowest BCUT2D eigenvalue weighted by Gasteiger charge is -2.09. The summed E-state index contributed by atoms with van der Waals surface area (Å²) in [4.78, 5) is 12.2. The van der Waals surface area contributed by atoms with Gasteiger partial charge < -0.3 is 10.1 Å². The van der Waals surface area contributed by atoms with E-state index in [1.54, 1.807) is 31.4 Å². The molecule has 0 atom stereocenters. The van der Waals surface area contributed by atoms with Crippen LogP contribution in [0.15, 0.2) is 42.5 Å². The zero-order valence-corrected chi connectivity index (χ0v) is 12.3. The molecule has 0 radical (unpaired) electrons. The monoisotopic (exact) mass is 309 g/mol. The molecule has 104 valence electrons. The molecule has 1 N–H and O–H groups in total. The molecule has 2 rings (SSSR count). The first kappa shape index (κ1) is 14.9. The van der Waals surface area contributed by atoms with E-state index < -0.39 is 0 Å². The van der Waals surface area contributed by atoms with E-state index in [0.717, 1.165) is 5.56 Å². The molecule has 0 heterocycles. The van der Waals surface area contributed by atoms with E-state index >= 15 is 0 Å². The highest BCUT2D eigenvalue weighted by atomic mass is 35.5. The summed E-state index contributed by atoms with van der Waals surface area (Å²) in [5.41, 5.74) is 2.00. The molecular formula is C15H13Cl2NO2. The van der Waals surface area contributed by atoms with Crippen molar-refractivity contribution >= 4 is 34.8 Å². The van der Waals surface area contributed by atoms with Crippen LogP contribution in [0.5, 0.6) is 0 Å². The van der Waals surface area contributed by atoms with Gasteiger partial charge in [0.15, 0.2) is 0 Å². The molecule has 2 aromatic carbocycles. The fraction of sp³-hybridized carbons (Fsp3) is 0.133. The zero-order chi connectivity index (χ0) is 14.5. The van der Waals surface area contributed by atoms with Gasteiger partial charge in [0.1, 0.15) is 0 Å². The maximum Gasteiger partial charge on any atom is 0.257 e. The van der Waals surface area contributed by atoms with Crippen LogP contribution >= 0.6 is 23.2 Å². The number of carbonyl (C=O) groups excluding carboxylic acids is 1. The molecule has 0 saturated carbocycles. The summed E-state index contributed by atoms with van der Waals surface area (Å²) in [7, 11) is 1.62. The van der Waals surface area contributed by atoms with Gasteiger partial charge in [0.2, 0.25) is 0 Å². The first-order valence-corrected chi connectivity index (χ1v) is 6.70. The van der Waals surface area contributed by atoms with Crippen LogP contribution < -0.4 is 5.32 Å². The summed E-state index contributed by atoms with van der Waals surface area (Å²) in [5, 5.41) is 3.39. The van der Waals surface area contributed by atoms with Crippen molar-refractivity contribution < 1.29 is 9.53 Å². The number of anilines is 1. The van der Waals surface area contributed by atoms with Gasteiger partial charge >= 0.3 is 0 Å². The second-order valence-electron chi connectivity index (χ2n) is 4.19. The van der Waals surface area contributed by atoms with E-state index in [1.807, 2.05) is 18.2 Å². The number of nitrogens with one attached hydrogen (secondary N) is 1. The van der Waals surface area contributed by atoms with Gasteiger partial charge in [-0.3, -0.25) is 4.79 Å². The lowest BCUT2D eigenvalue weighted by Crippen LogP contribution is -2.12. The van der Waals surface area contributed by atoms with Gasteiger partial charge in [0.05, 0.1) is 22.2 Å². The fourth-order valence-electron chi connectivity index (χ4n) is 1.78. The lowest BCUT2D eigenvalue weighted by molar-refractivity contribution is 0.102. The first-order valence-electron chi connectivity index (χ1n) is 5.95. The molecule has 0 bridgehead atoms. The Bertz CT molecular complexity index is 629. The average molecular weight is 310 g/mol. The largest absolute Gasteiger partial charge is 0.380 e. The molecule has 0 unspecified atom stereocenters. The third-order valence-electron chi connectivity index (χ3n) is 2.69. The maximum atomic E-state index is 12.2. The van der Waals surface area contributed by atoms with Crippen LogP contribution in [0, 0.1) is 0 Å². The molecule has 0 spiro atoms. The fourth-order valence-corrected chi connectivity index (χ4v) is 2.17. The van der Waals surface area contributed by atoms with Crippen molar-refractivity contribution in [2.75, 3.05) is 12.4 Å². The molecule has 0 saturated heterocycles. The average Bonchev–Trinajstić information content (AvgIpc) is 2.42. The Morgan fingerprint density at radius 2 is 1.95 bits per heavy atom. The Labute approximate surface area is 127 Å². The molecule has 5 heteroatoms. The summed E-state index contributed by atoms with van der Waals surface area (Å²) >= 11 is 11.9. The Kier molecular flexibility index (Phi) is 5.01. The molecule has 0 fully saturated rings. The molecule has 0 aliphatic heterocycles. The van der Waals surface area contributed by atoms with E-state index in [2.05, 4.69) is 5.32 Å². The van der Waals surface area contributed by atoms with Crippen molar-refractivity contribution in [3.8, 4) is 0 Å². The highest BCUT2D eigenvalue weighted by Crippen LogP contribution is 2.26. The van der Waals surface area contributed by atoms with E-state index in [0.29, 0.717) is 22.9 Å². The van der Waals surface area contributed by atoms with Crippen LogP contribution in [0.3, 0.4) is 0 Å². The van der Waals surface area contributed by atoms with Gasteiger partial charge in [0.25, 0.3) is 5.91 Å². The molecule has 0 aliphatic carbocycles. The summed E-state index contributed by atoms with van der Waals surface area (Å²) < 4.78 is 5.06. The van der Waals surface area contributed by atoms with Crippen LogP contribution in [0.4, 0.5) is 5.69 Å². The third-order valence-corrected chi connectivity index (χ3v) is 3.51. The number of methoxy groups -OCH3 is 1. The zero-order valence-electron chi connectivity index (χ0n) is 10.8. The SMILES string of the molecule is COCc1cccc(NC(=O)c2cccc(Cl)c2Cl)c1. The first-order chi connectivity index (χ1) is 9.61. The minimum absolute atomic E-state index is 0.250. The molecule has 1 amide bonds. The van der Waals surface area contributed by atoms with Gasteiger partial charge in [0, 0.05) is 12.8 Å². The highest BCUT2D eigenvalue weighted by molar-refractivity contribution is 6.44. The van der Waals surface area contributed by atoms with Crippen LogP contribution in [0.1, 0.15) is 15.9 Å². The highest BCUT2D eigenvalue weighted by Gasteiger charge is 2.12.